The summed E-state index contributed by atoms with van der Waals surface area (Å²) in [4.78, 5) is 26.2. The molecule has 2 N–H and O–H groups in total. The molecule has 0 saturated carbocycles. The Morgan fingerprint density at radius 2 is 1.92 bits per heavy atom. The largest absolute Gasteiger partial charge is 0.500 e. The molecule has 0 aliphatic heterocycles. The van der Waals surface area contributed by atoms with Gasteiger partial charge in [-0.15, -0.1) is 0 Å². The SMILES string of the molecule is COB(OC)c1c[nH]c(=O)[nH]c1=O. The van der Waals surface area contributed by atoms with Crippen LogP contribution in [0.25, 0.3) is 0 Å². The van der Waals surface area contributed by atoms with Gasteiger partial charge in [-0.05, 0) is 0 Å². The van der Waals surface area contributed by atoms with Gasteiger partial charge in [0.1, 0.15) is 0 Å². The molecule has 1 aromatic rings. The molecule has 0 amide bonds. The zero-order chi connectivity index (χ0) is 9.84. The molecule has 0 fully saturated rings. The molecular weight excluding hydrogens is 175 g/mol. The highest BCUT2D eigenvalue weighted by Crippen LogP contribution is 1.80. The van der Waals surface area contributed by atoms with Gasteiger partial charge >= 0.3 is 12.8 Å². The first-order valence-electron chi connectivity index (χ1n) is 3.56. The minimum atomic E-state index is -0.763. The molecule has 0 atom stereocenters. The first kappa shape index (κ1) is 9.75. The summed E-state index contributed by atoms with van der Waals surface area (Å²) in [7, 11) is 2.04. The summed E-state index contributed by atoms with van der Waals surface area (Å²) in [5.74, 6) is 0. The van der Waals surface area contributed by atoms with Crippen LogP contribution in [0, 0.1) is 0 Å². The molecule has 0 aliphatic carbocycles. The summed E-state index contributed by atoms with van der Waals surface area (Å²) < 4.78 is 9.68. The van der Waals surface area contributed by atoms with E-state index in [4.69, 9.17) is 9.31 Å². The van der Waals surface area contributed by atoms with Crippen LogP contribution in [-0.2, 0) is 9.31 Å². The van der Waals surface area contributed by atoms with Gasteiger partial charge < -0.3 is 14.3 Å². The second-order valence-corrected chi connectivity index (χ2v) is 2.33. The molecule has 1 aromatic heterocycles. The maximum Gasteiger partial charge on any atom is 0.500 e. The molecule has 0 bridgehead atoms. The molecule has 0 unspecified atom stereocenters. The van der Waals surface area contributed by atoms with Crippen molar-refractivity contribution < 1.29 is 9.31 Å². The van der Waals surface area contributed by atoms with Crippen LogP contribution in [0.15, 0.2) is 15.8 Å². The third-order valence-electron chi connectivity index (χ3n) is 1.53. The van der Waals surface area contributed by atoms with Crippen molar-refractivity contribution in [2.75, 3.05) is 14.2 Å². The Morgan fingerprint density at radius 3 is 2.38 bits per heavy atom. The smallest absolute Gasteiger partial charge is 0.410 e. The lowest BCUT2D eigenvalue weighted by molar-refractivity contribution is 0.291. The van der Waals surface area contributed by atoms with Gasteiger partial charge in [-0.25, -0.2) is 4.79 Å². The van der Waals surface area contributed by atoms with E-state index in [-0.39, 0.29) is 5.46 Å². The molecule has 7 heteroatoms. The van der Waals surface area contributed by atoms with E-state index in [0.29, 0.717) is 0 Å². The van der Waals surface area contributed by atoms with Crippen LogP contribution in [-0.4, -0.2) is 31.3 Å². The molecule has 1 rings (SSSR count). The first-order chi connectivity index (χ1) is 6.19. The van der Waals surface area contributed by atoms with E-state index in [1.807, 2.05) is 0 Å². The second-order valence-electron chi connectivity index (χ2n) is 2.33. The van der Waals surface area contributed by atoms with E-state index in [9.17, 15) is 9.59 Å². The van der Waals surface area contributed by atoms with Gasteiger partial charge in [-0.3, -0.25) is 9.78 Å². The predicted molar refractivity (Wildman–Crippen MR) is 47.1 cm³/mol. The number of aromatic nitrogens is 2. The Balaban J connectivity index is 3.14. The predicted octanol–water partition coefficient (Wildman–Crippen LogP) is -1.95. The van der Waals surface area contributed by atoms with Gasteiger partial charge in [0.25, 0.3) is 5.56 Å². The molecule has 13 heavy (non-hydrogen) atoms. The first-order valence-corrected chi connectivity index (χ1v) is 3.56. The highest BCUT2D eigenvalue weighted by Gasteiger charge is 2.21. The second kappa shape index (κ2) is 4.06. The summed E-state index contributed by atoms with van der Waals surface area (Å²) >= 11 is 0. The molecule has 0 aliphatic rings. The maximum absolute atomic E-state index is 11.2. The lowest BCUT2D eigenvalue weighted by Crippen LogP contribution is -2.48. The normalized spacial score (nSPS) is 10.0. The van der Waals surface area contributed by atoms with Crippen molar-refractivity contribution in [1.82, 2.24) is 9.97 Å². The number of hydrogen-bond acceptors (Lipinski definition) is 4. The van der Waals surface area contributed by atoms with Crippen LogP contribution in [0.2, 0.25) is 0 Å². The lowest BCUT2D eigenvalue weighted by Gasteiger charge is -2.05. The molecule has 1 heterocycles. The van der Waals surface area contributed by atoms with Crippen molar-refractivity contribution in [3.8, 4) is 0 Å². The number of aromatic amines is 2. The fraction of sp³-hybridized carbons (Fsp3) is 0.333. The molecule has 0 aromatic carbocycles. The molecule has 0 spiro atoms. The van der Waals surface area contributed by atoms with Crippen LogP contribution in [0.4, 0.5) is 0 Å². The monoisotopic (exact) mass is 184 g/mol. The number of rotatable bonds is 3. The van der Waals surface area contributed by atoms with Crippen molar-refractivity contribution in [2.45, 2.75) is 0 Å². The Labute approximate surface area is 74.0 Å². The van der Waals surface area contributed by atoms with Crippen LogP contribution in [0.5, 0.6) is 0 Å². The van der Waals surface area contributed by atoms with Gasteiger partial charge in [0.15, 0.2) is 0 Å². The van der Waals surface area contributed by atoms with Gasteiger partial charge in [-0.2, -0.15) is 0 Å². The minimum Gasteiger partial charge on any atom is -0.410 e. The van der Waals surface area contributed by atoms with Crippen LogP contribution in [0.3, 0.4) is 0 Å². The highest BCUT2D eigenvalue weighted by atomic mass is 16.6. The quantitative estimate of drug-likeness (QED) is 0.534. The third kappa shape index (κ3) is 2.07. The van der Waals surface area contributed by atoms with Crippen molar-refractivity contribution in [1.29, 1.82) is 0 Å². The Kier molecular flexibility index (Phi) is 3.05. The van der Waals surface area contributed by atoms with E-state index in [1.165, 1.54) is 20.4 Å². The molecule has 0 radical (unpaired) electrons. The topological polar surface area (TPSA) is 84.2 Å². The van der Waals surface area contributed by atoms with Gasteiger partial charge in [0.05, 0.1) is 5.46 Å². The summed E-state index contributed by atoms with van der Waals surface area (Å²) in [5, 5.41) is 0. The van der Waals surface area contributed by atoms with E-state index < -0.39 is 18.4 Å². The lowest BCUT2D eigenvalue weighted by atomic mass is 9.81. The van der Waals surface area contributed by atoms with Crippen molar-refractivity contribution in [3.63, 3.8) is 0 Å². The summed E-state index contributed by atoms with van der Waals surface area (Å²) in [5.41, 5.74) is -0.846. The third-order valence-corrected chi connectivity index (χ3v) is 1.53. The van der Waals surface area contributed by atoms with E-state index in [1.54, 1.807) is 0 Å². The number of nitrogens with one attached hydrogen (secondary N) is 2. The van der Waals surface area contributed by atoms with E-state index >= 15 is 0 Å². The van der Waals surface area contributed by atoms with Crippen LogP contribution >= 0.6 is 0 Å². The molecule has 0 saturated heterocycles. The van der Waals surface area contributed by atoms with Gasteiger partial charge in [0.2, 0.25) is 0 Å². The zero-order valence-corrected chi connectivity index (χ0v) is 7.29. The molecule has 70 valence electrons. The summed E-state index contributed by atoms with van der Waals surface area (Å²) in [6.45, 7) is 0. The van der Waals surface area contributed by atoms with Crippen molar-refractivity contribution >= 4 is 12.6 Å². The summed E-state index contributed by atoms with van der Waals surface area (Å²) in [6, 6.07) is 0. The van der Waals surface area contributed by atoms with Crippen molar-refractivity contribution in [2.24, 2.45) is 0 Å². The molecular formula is C6H9BN2O4. The standard InChI is InChI=1S/C6H9BN2O4/c1-12-7(13-2)4-3-8-6(11)9-5(4)10/h3H,1-2H3,(H2,8,9,10,11). The Morgan fingerprint density at radius 1 is 1.31 bits per heavy atom. The van der Waals surface area contributed by atoms with Gasteiger partial charge in [-0.1, -0.05) is 0 Å². The average molecular weight is 184 g/mol. The fourth-order valence-electron chi connectivity index (χ4n) is 0.945. The highest BCUT2D eigenvalue weighted by molar-refractivity contribution is 6.60. The summed E-state index contributed by atoms with van der Waals surface area (Å²) in [6.07, 6.45) is 1.26. The van der Waals surface area contributed by atoms with Crippen LogP contribution in [0.1, 0.15) is 0 Å². The minimum absolute atomic E-state index is 0.226. The van der Waals surface area contributed by atoms with E-state index in [2.05, 4.69) is 9.97 Å². The van der Waals surface area contributed by atoms with E-state index in [0.717, 1.165) is 0 Å². The average Bonchev–Trinajstić information content (AvgIpc) is 2.10. The maximum atomic E-state index is 11.2. The zero-order valence-electron chi connectivity index (χ0n) is 7.29. The van der Waals surface area contributed by atoms with Gasteiger partial charge in [0, 0.05) is 20.4 Å². The Hall–Kier alpha value is -1.34. The fourth-order valence-corrected chi connectivity index (χ4v) is 0.945. The Bertz CT molecular complexity index is 381. The number of hydrogen-bond donors (Lipinski definition) is 2. The van der Waals surface area contributed by atoms with Crippen LogP contribution < -0.4 is 16.7 Å². The van der Waals surface area contributed by atoms with Crippen molar-refractivity contribution in [3.05, 3.63) is 27.0 Å². The molecule has 6 nitrogen and oxygen atoms in total. The number of H-pyrrole nitrogens is 2.